The zero-order chi connectivity index (χ0) is 13.8. The molecule has 3 nitrogen and oxygen atoms in total. The van der Waals surface area contributed by atoms with Crippen molar-refractivity contribution in [2.45, 2.75) is 20.0 Å². The smallest absolute Gasteiger partial charge is 0.302 e. The van der Waals surface area contributed by atoms with E-state index in [4.69, 9.17) is 11.6 Å². The summed E-state index contributed by atoms with van der Waals surface area (Å²) in [4.78, 5) is 13.9. The average molecular weight is 297 g/mol. The molecule has 0 radical (unpaired) electrons. The minimum Gasteiger partial charge on any atom is -0.302 e. The highest BCUT2D eigenvalue weighted by Crippen LogP contribution is 2.12. The van der Waals surface area contributed by atoms with Crippen LogP contribution in [0.4, 0.5) is 0 Å². The lowest BCUT2D eigenvalue weighted by molar-refractivity contribution is 0.309. The fourth-order valence-corrected chi connectivity index (χ4v) is 2.95. The van der Waals surface area contributed by atoms with Crippen molar-refractivity contribution < 1.29 is 0 Å². The maximum Gasteiger partial charge on any atom is 0.307 e. The fourth-order valence-electron chi connectivity index (χ4n) is 1.97. The van der Waals surface area contributed by atoms with Crippen LogP contribution in [0.3, 0.4) is 0 Å². The number of nitrogens with zero attached hydrogens (tertiary/aromatic N) is 2. The third-order valence-corrected chi connectivity index (χ3v) is 4.14. The first-order chi connectivity index (χ1) is 9.06. The van der Waals surface area contributed by atoms with Crippen molar-refractivity contribution >= 4 is 22.9 Å². The summed E-state index contributed by atoms with van der Waals surface area (Å²) in [5.74, 6) is 0. The summed E-state index contributed by atoms with van der Waals surface area (Å²) in [6.07, 6.45) is 0. The number of aromatic nitrogens is 1. The van der Waals surface area contributed by atoms with Crippen LogP contribution in [0.25, 0.3) is 0 Å². The predicted molar refractivity (Wildman–Crippen MR) is 81.1 cm³/mol. The van der Waals surface area contributed by atoms with Crippen molar-refractivity contribution in [1.82, 2.24) is 9.47 Å². The van der Waals surface area contributed by atoms with Crippen molar-refractivity contribution in [3.8, 4) is 0 Å². The minimum atomic E-state index is 0.119. The Morgan fingerprint density at radius 1 is 1.42 bits per heavy atom. The summed E-state index contributed by atoms with van der Waals surface area (Å²) < 4.78 is 1.82. The highest BCUT2D eigenvalue weighted by atomic mass is 35.5. The van der Waals surface area contributed by atoms with Crippen LogP contribution in [-0.4, -0.2) is 23.1 Å². The van der Waals surface area contributed by atoms with E-state index < -0.39 is 0 Å². The van der Waals surface area contributed by atoms with Crippen molar-refractivity contribution in [3.63, 3.8) is 0 Å². The van der Waals surface area contributed by atoms with Gasteiger partial charge in [0, 0.05) is 35.7 Å². The molecule has 0 saturated carbocycles. The lowest BCUT2D eigenvalue weighted by Gasteiger charge is -2.17. The zero-order valence-corrected chi connectivity index (χ0v) is 12.7. The standard InChI is InChI=1S/C14H17ClN2OS/c1-11-10-19-14(18)17(11)7-6-16(2)9-12-4-3-5-13(15)8-12/h3-5,8,10H,6-7,9H2,1-2H3. The maximum atomic E-state index is 11.6. The van der Waals surface area contributed by atoms with Gasteiger partial charge < -0.3 is 9.47 Å². The molecular formula is C14H17ClN2OS. The van der Waals surface area contributed by atoms with E-state index in [-0.39, 0.29) is 4.87 Å². The molecular weight excluding hydrogens is 280 g/mol. The van der Waals surface area contributed by atoms with Crippen molar-refractivity contribution in [3.05, 3.63) is 55.6 Å². The molecule has 0 unspecified atom stereocenters. The number of thiazole rings is 1. The first kappa shape index (κ1) is 14.3. The number of likely N-dealkylation sites (N-methyl/N-ethyl adjacent to an activating group) is 1. The zero-order valence-electron chi connectivity index (χ0n) is 11.1. The van der Waals surface area contributed by atoms with Gasteiger partial charge in [0.2, 0.25) is 0 Å². The van der Waals surface area contributed by atoms with Crippen molar-refractivity contribution in [1.29, 1.82) is 0 Å². The normalized spacial score (nSPS) is 11.2. The van der Waals surface area contributed by atoms with Gasteiger partial charge in [0.1, 0.15) is 0 Å². The van der Waals surface area contributed by atoms with Crippen molar-refractivity contribution in [2.24, 2.45) is 0 Å². The van der Waals surface area contributed by atoms with Gasteiger partial charge in [-0.1, -0.05) is 35.1 Å². The molecule has 0 aliphatic rings. The van der Waals surface area contributed by atoms with E-state index in [9.17, 15) is 4.79 Å². The van der Waals surface area contributed by atoms with Crippen LogP contribution in [0.15, 0.2) is 34.4 Å². The van der Waals surface area contributed by atoms with Gasteiger partial charge in [-0.3, -0.25) is 4.79 Å². The molecule has 0 atom stereocenters. The van der Waals surface area contributed by atoms with E-state index in [1.165, 1.54) is 16.9 Å². The largest absolute Gasteiger partial charge is 0.307 e. The average Bonchev–Trinajstić information content (AvgIpc) is 2.67. The Balaban J connectivity index is 1.92. The number of benzene rings is 1. The summed E-state index contributed by atoms with van der Waals surface area (Å²) in [6, 6.07) is 7.86. The topological polar surface area (TPSA) is 25.2 Å². The molecule has 102 valence electrons. The van der Waals surface area contributed by atoms with Gasteiger partial charge in [-0.05, 0) is 31.7 Å². The Morgan fingerprint density at radius 3 is 2.84 bits per heavy atom. The highest BCUT2D eigenvalue weighted by molar-refractivity contribution is 7.07. The quantitative estimate of drug-likeness (QED) is 0.847. The molecule has 1 aromatic heterocycles. The van der Waals surface area contributed by atoms with Gasteiger partial charge in [0.25, 0.3) is 0 Å². The van der Waals surface area contributed by atoms with E-state index in [0.29, 0.717) is 0 Å². The van der Waals surface area contributed by atoms with Crippen LogP contribution in [0, 0.1) is 6.92 Å². The predicted octanol–water partition coefficient (Wildman–Crippen LogP) is 3.00. The van der Waals surface area contributed by atoms with Crippen LogP contribution in [0.1, 0.15) is 11.3 Å². The van der Waals surface area contributed by atoms with Crippen LogP contribution < -0.4 is 4.87 Å². The molecule has 5 heteroatoms. The van der Waals surface area contributed by atoms with Gasteiger partial charge in [-0.2, -0.15) is 0 Å². The molecule has 0 bridgehead atoms. The van der Waals surface area contributed by atoms with E-state index in [0.717, 1.165) is 30.4 Å². The Morgan fingerprint density at radius 2 is 2.21 bits per heavy atom. The van der Waals surface area contributed by atoms with E-state index in [1.54, 1.807) is 0 Å². The lowest BCUT2D eigenvalue weighted by Crippen LogP contribution is -2.26. The van der Waals surface area contributed by atoms with Crippen LogP contribution >= 0.6 is 22.9 Å². The van der Waals surface area contributed by atoms with Crippen LogP contribution in [-0.2, 0) is 13.1 Å². The summed E-state index contributed by atoms with van der Waals surface area (Å²) >= 11 is 7.23. The molecule has 0 spiro atoms. The SMILES string of the molecule is Cc1csc(=O)n1CCN(C)Cc1cccc(Cl)c1. The highest BCUT2D eigenvalue weighted by Gasteiger charge is 2.05. The Labute approximate surface area is 122 Å². The summed E-state index contributed by atoms with van der Waals surface area (Å²) in [6.45, 7) is 4.36. The summed E-state index contributed by atoms with van der Waals surface area (Å²) in [7, 11) is 2.05. The van der Waals surface area contributed by atoms with Crippen LogP contribution in [0.2, 0.25) is 5.02 Å². The fraction of sp³-hybridized carbons (Fsp3) is 0.357. The molecule has 0 aliphatic heterocycles. The third-order valence-electron chi connectivity index (χ3n) is 3.02. The van der Waals surface area contributed by atoms with Crippen molar-refractivity contribution in [2.75, 3.05) is 13.6 Å². The number of rotatable bonds is 5. The molecule has 0 aliphatic carbocycles. The summed E-state index contributed by atoms with van der Waals surface area (Å²) in [5, 5.41) is 2.66. The van der Waals surface area contributed by atoms with Gasteiger partial charge in [-0.25, -0.2) is 0 Å². The maximum absolute atomic E-state index is 11.6. The molecule has 1 aromatic carbocycles. The monoisotopic (exact) mass is 296 g/mol. The Bertz CT molecular complexity index is 605. The van der Waals surface area contributed by atoms with Gasteiger partial charge >= 0.3 is 4.87 Å². The molecule has 0 N–H and O–H groups in total. The second-order valence-electron chi connectivity index (χ2n) is 4.66. The second kappa shape index (κ2) is 6.37. The van der Waals surface area contributed by atoms with Gasteiger partial charge in [0.15, 0.2) is 0 Å². The lowest BCUT2D eigenvalue weighted by atomic mass is 10.2. The van der Waals surface area contributed by atoms with Crippen LogP contribution in [0.5, 0.6) is 0 Å². The molecule has 1 heterocycles. The minimum absolute atomic E-state index is 0.119. The molecule has 0 fully saturated rings. The number of halogens is 1. The van der Waals surface area contributed by atoms with E-state index in [1.807, 2.05) is 42.1 Å². The number of aryl methyl sites for hydroxylation is 1. The van der Waals surface area contributed by atoms with Gasteiger partial charge in [0.05, 0.1) is 0 Å². The Hall–Kier alpha value is -1.10. The number of hydrogen-bond donors (Lipinski definition) is 0. The molecule has 0 amide bonds. The molecule has 2 aromatic rings. The second-order valence-corrected chi connectivity index (χ2v) is 5.92. The van der Waals surface area contributed by atoms with E-state index in [2.05, 4.69) is 11.0 Å². The molecule has 19 heavy (non-hydrogen) atoms. The van der Waals surface area contributed by atoms with E-state index >= 15 is 0 Å². The van der Waals surface area contributed by atoms with Gasteiger partial charge in [-0.15, -0.1) is 0 Å². The first-order valence-corrected chi connectivity index (χ1v) is 7.40. The third kappa shape index (κ3) is 3.93. The molecule has 0 saturated heterocycles. The molecule has 2 rings (SSSR count). The summed E-state index contributed by atoms with van der Waals surface area (Å²) in [5.41, 5.74) is 2.22. The Kier molecular flexibility index (Phi) is 4.80. The number of hydrogen-bond acceptors (Lipinski definition) is 3. The first-order valence-electron chi connectivity index (χ1n) is 6.14.